The molecule has 2 N–H and O–H groups in total. The fraction of sp³-hybridized carbons (Fsp3) is 0.632. The third kappa shape index (κ3) is 7.65. The minimum absolute atomic E-state index is 0. The highest BCUT2D eigenvalue weighted by molar-refractivity contribution is 14.0. The molecule has 0 radical (unpaired) electrons. The van der Waals surface area contributed by atoms with Crippen LogP contribution in [0.4, 0.5) is 18.9 Å². The van der Waals surface area contributed by atoms with E-state index in [0.717, 1.165) is 0 Å². The fourth-order valence-corrected chi connectivity index (χ4v) is 2.79. The molecule has 1 fully saturated rings. The number of halogens is 4. The molecule has 1 saturated heterocycles. The second kappa shape index (κ2) is 11.7. The number of guanidine groups is 1. The molecule has 0 aromatic heterocycles. The summed E-state index contributed by atoms with van der Waals surface area (Å²) in [5.41, 5.74) is 0.111. The van der Waals surface area contributed by atoms with Crippen LogP contribution in [-0.4, -0.2) is 45.4 Å². The van der Waals surface area contributed by atoms with E-state index >= 15 is 0 Å². The zero-order chi connectivity index (χ0) is 19.9. The number of benzene rings is 1. The monoisotopic (exact) mass is 514 g/mol. The van der Waals surface area contributed by atoms with Crippen LogP contribution in [0.1, 0.15) is 31.9 Å². The Labute approximate surface area is 182 Å². The van der Waals surface area contributed by atoms with Crippen LogP contribution in [0.3, 0.4) is 0 Å². The Morgan fingerprint density at radius 2 is 1.89 bits per heavy atom. The van der Waals surface area contributed by atoms with Crippen molar-refractivity contribution in [3.8, 4) is 0 Å². The topological polar surface area (TPSA) is 48.9 Å². The minimum Gasteiger partial charge on any atom is -0.378 e. The summed E-state index contributed by atoms with van der Waals surface area (Å²) in [6.07, 6.45) is -4.42. The average Bonchev–Trinajstić information content (AvgIpc) is 2.64. The van der Waals surface area contributed by atoms with Gasteiger partial charge in [-0.15, -0.1) is 24.0 Å². The highest BCUT2D eigenvalue weighted by Gasteiger charge is 2.34. The van der Waals surface area contributed by atoms with E-state index in [1.165, 1.54) is 12.1 Å². The van der Waals surface area contributed by atoms with Crippen molar-refractivity contribution >= 4 is 35.6 Å². The van der Waals surface area contributed by atoms with E-state index in [0.29, 0.717) is 57.0 Å². The Hall–Kier alpha value is -1.23. The Kier molecular flexibility index (Phi) is 10.4. The maximum atomic E-state index is 13.6. The number of ether oxygens (including phenoxy) is 1. The maximum Gasteiger partial charge on any atom is 0.416 e. The smallest absolute Gasteiger partial charge is 0.378 e. The van der Waals surface area contributed by atoms with E-state index < -0.39 is 11.7 Å². The van der Waals surface area contributed by atoms with E-state index in [4.69, 9.17) is 4.74 Å². The number of hydrogen-bond acceptors (Lipinski definition) is 3. The number of rotatable bonds is 6. The van der Waals surface area contributed by atoms with Crippen molar-refractivity contribution in [1.82, 2.24) is 10.6 Å². The zero-order valence-corrected chi connectivity index (χ0v) is 18.9. The van der Waals surface area contributed by atoms with Gasteiger partial charge in [0, 0.05) is 31.9 Å². The van der Waals surface area contributed by atoms with Crippen LogP contribution in [0.2, 0.25) is 0 Å². The zero-order valence-electron chi connectivity index (χ0n) is 16.6. The lowest BCUT2D eigenvalue weighted by Crippen LogP contribution is -2.39. The lowest BCUT2D eigenvalue weighted by Gasteiger charge is -2.29. The van der Waals surface area contributed by atoms with Crippen molar-refractivity contribution < 1.29 is 17.9 Å². The van der Waals surface area contributed by atoms with Crippen molar-refractivity contribution in [3.05, 3.63) is 29.3 Å². The molecule has 0 unspecified atom stereocenters. The predicted octanol–water partition coefficient (Wildman–Crippen LogP) is 3.87. The summed E-state index contributed by atoms with van der Waals surface area (Å²) in [5, 5.41) is 6.21. The maximum absolute atomic E-state index is 13.6. The van der Waals surface area contributed by atoms with Gasteiger partial charge in [-0.25, -0.2) is 4.99 Å². The molecule has 1 aliphatic rings. The summed E-state index contributed by atoms with van der Waals surface area (Å²) in [5.74, 6) is 0.934. The molecular formula is C19H30F3IN4O. The second-order valence-corrected chi connectivity index (χ2v) is 6.91. The van der Waals surface area contributed by atoms with Crippen molar-refractivity contribution in [2.24, 2.45) is 10.9 Å². The summed E-state index contributed by atoms with van der Waals surface area (Å²) in [6.45, 7) is 9.60. The molecule has 1 aliphatic heterocycles. The first-order valence-electron chi connectivity index (χ1n) is 9.36. The second-order valence-electron chi connectivity index (χ2n) is 6.91. The summed E-state index contributed by atoms with van der Waals surface area (Å²) in [6, 6.07) is 4.49. The minimum atomic E-state index is -4.42. The van der Waals surface area contributed by atoms with Gasteiger partial charge in [0.25, 0.3) is 0 Å². The van der Waals surface area contributed by atoms with E-state index in [9.17, 15) is 13.2 Å². The predicted molar refractivity (Wildman–Crippen MR) is 118 cm³/mol. The Morgan fingerprint density at radius 1 is 1.21 bits per heavy atom. The molecule has 0 aliphatic carbocycles. The summed E-state index contributed by atoms with van der Waals surface area (Å²) < 4.78 is 46.1. The number of nitrogens with zero attached hydrogens (tertiary/aromatic N) is 2. The van der Waals surface area contributed by atoms with Crippen LogP contribution in [0.15, 0.2) is 23.2 Å². The number of alkyl halides is 3. The molecule has 9 heteroatoms. The van der Waals surface area contributed by atoms with Crippen LogP contribution in [0.25, 0.3) is 0 Å². The summed E-state index contributed by atoms with van der Waals surface area (Å²) >= 11 is 0. The third-order valence-corrected chi connectivity index (χ3v) is 4.20. The normalized spacial score (nSPS) is 15.4. The van der Waals surface area contributed by atoms with E-state index in [-0.39, 0.29) is 36.1 Å². The van der Waals surface area contributed by atoms with E-state index in [2.05, 4.69) is 29.5 Å². The summed E-state index contributed by atoms with van der Waals surface area (Å²) in [4.78, 5) is 6.25. The summed E-state index contributed by atoms with van der Waals surface area (Å²) in [7, 11) is 0. The molecule has 5 nitrogen and oxygen atoms in total. The van der Waals surface area contributed by atoms with Crippen molar-refractivity contribution in [2.45, 2.75) is 33.5 Å². The third-order valence-electron chi connectivity index (χ3n) is 4.20. The van der Waals surface area contributed by atoms with Gasteiger partial charge >= 0.3 is 6.18 Å². The van der Waals surface area contributed by atoms with Crippen molar-refractivity contribution in [3.63, 3.8) is 0 Å². The average molecular weight is 514 g/mol. The lowest BCUT2D eigenvalue weighted by molar-refractivity contribution is -0.138. The lowest BCUT2D eigenvalue weighted by atomic mass is 10.1. The standard InChI is InChI=1S/C19H29F3N4O.HI/c1-4-23-18(24-12-14(2)3)25-13-15-5-6-16(11-17(15)19(20,21)22)26-7-9-27-10-8-26;/h5-6,11,14H,4,7-10,12-13H2,1-3H3,(H2,23,24,25);1H. The Morgan fingerprint density at radius 3 is 2.46 bits per heavy atom. The van der Waals surface area contributed by atoms with Crippen LogP contribution in [-0.2, 0) is 17.5 Å². The Balaban J connectivity index is 0.00000392. The SMILES string of the molecule is CCNC(=NCc1ccc(N2CCOCC2)cc1C(F)(F)F)NCC(C)C.I. The molecule has 0 saturated carbocycles. The quantitative estimate of drug-likeness (QED) is 0.344. The van der Waals surface area contributed by atoms with Crippen LogP contribution >= 0.6 is 24.0 Å². The van der Waals surface area contributed by atoms with Gasteiger partial charge in [-0.05, 0) is 30.5 Å². The van der Waals surface area contributed by atoms with Crippen LogP contribution in [0, 0.1) is 5.92 Å². The fourth-order valence-electron chi connectivity index (χ4n) is 2.79. The van der Waals surface area contributed by atoms with Gasteiger partial charge in [0.2, 0.25) is 0 Å². The van der Waals surface area contributed by atoms with Crippen molar-refractivity contribution in [1.29, 1.82) is 0 Å². The van der Waals surface area contributed by atoms with E-state index in [1.807, 2.05) is 11.8 Å². The van der Waals surface area contributed by atoms with Crippen molar-refractivity contribution in [2.75, 3.05) is 44.3 Å². The number of nitrogens with one attached hydrogen (secondary N) is 2. The molecule has 0 spiro atoms. The first kappa shape index (κ1) is 24.8. The molecule has 0 amide bonds. The van der Waals surface area contributed by atoms with Gasteiger partial charge in [0.1, 0.15) is 0 Å². The first-order chi connectivity index (χ1) is 12.8. The molecule has 28 heavy (non-hydrogen) atoms. The molecular weight excluding hydrogens is 484 g/mol. The van der Waals surface area contributed by atoms with Gasteiger partial charge in [-0.3, -0.25) is 0 Å². The van der Waals surface area contributed by atoms with Gasteiger partial charge < -0.3 is 20.3 Å². The largest absolute Gasteiger partial charge is 0.416 e. The Bertz CT molecular complexity index is 632. The molecule has 0 atom stereocenters. The first-order valence-corrected chi connectivity index (χ1v) is 9.36. The number of anilines is 1. The van der Waals surface area contributed by atoms with Crippen LogP contribution < -0.4 is 15.5 Å². The van der Waals surface area contributed by atoms with Gasteiger partial charge in [0.05, 0.1) is 25.3 Å². The van der Waals surface area contributed by atoms with Gasteiger partial charge in [-0.1, -0.05) is 19.9 Å². The molecule has 1 heterocycles. The molecule has 0 bridgehead atoms. The molecule has 1 aromatic rings. The molecule has 1 aromatic carbocycles. The van der Waals surface area contributed by atoms with Crippen LogP contribution in [0.5, 0.6) is 0 Å². The number of morpholine rings is 1. The van der Waals surface area contributed by atoms with Gasteiger partial charge in [-0.2, -0.15) is 13.2 Å². The molecule has 160 valence electrons. The number of hydrogen-bond donors (Lipinski definition) is 2. The van der Waals surface area contributed by atoms with Gasteiger partial charge in [0.15, 0.2) is 5.96 Å². The molecule has 2 rings (SSSR count). The highest BCUT2D eigenvalue weighted by Crippen LogP contribution is 2.35. The van der Waals surface area contributed by atoms with E-state index in [1.54, 1.807) is 6.07 Å². The number of aliphatic imine (C=N–C) groups is 1. The highest BCUT2D eigenvalue weighted by atomic mass is 127.